The highest BCUT2D eigenvalue weighted by atomic mass is 16.4. The largest absolute Gasteiger partial charge is 0.480 e. The maximum absolute atomic E-state index is 11.4. The van der Waals surface area contributed by atoms with Crippen LogP contribution in [0.15, 0.2) is 24.3 Å². The molecule has 1 aliphatic heterocycles. The minimum absolute atomic E-state index is 0.254. The third-order valence-corrected chi connectivity index (χ3v) is 5.71. The lowest BCUT2D eigenvalue weighted by atomic mass is 9.86. The van der Waals surface area contributed by atoms with Gasteiger partial charge in [0.15, 0.2) is 5.41 Å². The lowest BCUT2D eigenvalue weighted by Gasteiger charge is -2.36. The van der Waals surface area contributed by atoms with Crippen molar-refractivity contribution >= 4 is 5.97 Å². The summed E-state index contributed by atoms with van der Waals surface area (Å²) in [7, 11) is 0. The van der Waals surface area contributed by atoms with Gasteiger partial charge in [-0.3, -0.25) is 4.79 Å². The molecule has 122 valence electrons. The van der Waals surface area contributed by atoms with Crippen LogP contribution in [-0.4, -0.2) is 35.1 Å². The smallest absolute Gasteiger partial charge is 0.324 e. The van der Waals surface area contributed by atoms with Gasteiger partial charge in [0, 0.05) is 6.04 Å². The Morgan fingerprint density at radius 3 is 2.43 bits per heavy atom. The molecule has 1 heterocycles. The molecule has 1 saturated heterocycles. The molecule has 1 saturated carbocycles. The van der Waals surface area contributed by atoms with Crippen molar-refractivity contribution in [2.75, 3.05) is 13.1 Å². The molecule has 4 nitrogen and oxygen atoms in total. The molecule has 1 aromatic rings. The number of piperidine rings is 1. The second-order valence-corrected chi connectivity index (χ2v) is 7.12. The van der Waals surface area contributed by atoms with Gasteiger partial charge in [0.1, 0.15) is 0 Å². The molecule has 2 atom stereocenters. The van der Waals surface area contributed by atoms with Gasteiger partial charge in [-0.2, -0.15) is 5.26 Å². The highest BCUT2D eigenvalue weighted by Crippen LogP contribution is 2.41. The first-order valence-electron chi connectivity index (χ1n) is 8.49. The quantitative estimate of drug-likeness (QED) is 0.930. The van der Waals surface area contributed by atoms with Crippen LogP contribution < -0.4 is 0 Å². The molecule has 3 rings (SSSR count). The van der Waals surface area contributed by atoms with Crippen LogP contribution in [-0.2, 0) is 4.79 Å². The van der Waals surface area contributed by atoms with Crippen LogP contribution >= 0.6 is 0 Å². The van der Waals surface area contributed by atoms with Gasteiger partial charge in [0.25, 0.3) is 0 Å². The molecule has 1 aromatic carbocycles. The summed E-state index contributed by atoms with van der Waals surface area (Å²) >= 11 is 0. The first-order valence-corrected chi connectivity index (χ1v) is 8.49. The number of hydrogen-bond donors (Lipinski definition) is 1. The van der Waals surface area contributed by atoms with Gasteiger partial charge in [-0.25, -0.2) is 0 Å². The third-order valence-electron chi connectivity index (χ3n) is 5.71. The van der Waals surface area contributed by atoms with Crippen molar-refractivity contribution in [1.82, 2.24) is 4.90 Å². The number of rotatable bonds is 3. The average molecular weight is 312 g/mol. The Kier molecular flexibility index (Phi) is 4.41. The second-order valence-electron chi connectivity index (χ2n) is 7.12. The monoisotopic (exact) mass is 312 g/mol. The van der Waals surface area contributed by atoms with E-state index < -0.39 is 11.4 Å². The molecule has 2 aliphatic rings. The molecule has 2 fully saturated rings. The van der Waals surface area contributed by atoms with Crippen LogP contribution in [0.2, 0.25) is 0 Å². The van der Waals surface area contributed by atoms with Crippen molar-refractivity contribution in [3.63, 3.8) is 0 Å². The van der Waals surface area contributed by atoms with Gasteiger partial charge < -0.3 is 10.0 Å². The van der Waals surface area contributed by atoms with Crippen LogP contribution in [0.5, 0.6) is 0 Å². The fourth-order valence-corrected chi connectivity index (χ4v) is 4.11. The normalized spacial score (nSPS) is 29.3. The van der Waals surface area contributed by atoms with Gasteiger partial charge >= 0.3 is 5.97 Å². The number of carboxylic acids is 1. The maximum Gasteiger partial charge on any atom is 0.324 e. The molecule has 1 aliphatic carbocycles. The van der Waals surface area contributed by atoms with E-state index in [-0.39, 0.29) is 6.04 Å². The molecule has 2 unspecified atom stereocenters. The zero-order valence-electron chi connectivity index (χ0n) is 13.7. The summed E-state index contributed by atoms with van der Waals surface area (Å²) in [5.74, 6) is -0.342. The predicted octanol–water partition coefficient (Wildman–Crippen LogP) is 3.32. The average Bonchev–Trinajstić information content (AvgIpc) is 3.02. The van der Waals surface area contributed by atoms with E-state index in [0.717, 1.165) is 32.4 Å². The minimum Gasteiger partial charge on any atom is -0.480 e. The standard InChI is InChI=1S/C19H24N2O2/c1-14-2-4-15(5-3-14)16-7-10-21(11-8-16)17-6-9-19(12-17,13-20)18(22)23/h2-5,16-17H,6-12H2,1H3,(H,22,23). The summed E-state index contributed by atoms with van der Waals surface area (Å²) in [6.07, 6.45) is 4.03. The Hall–Kier alpha value is -1.86. The maximum atomic E-state index is 11.4. The zero-order valence-corrected chi connectivity index (χ0v) is 13.7. The van der Waals surface area contributed by atoms with Gasteiger partial charge in [-0.15, -0.1) is 0 Å². The van der Waals surface area contributed by atoms with E-state index in [2.05, 4.69) is 42.2 Å². The molecule has 0 amide bonds. The molecular weight excluding hydrogens is 288 g/mol. The van der Waals surface area contributed by atoms with Crippen LogP contribution in [0.4, 0.5) is 0 Å². The van der Waals surface area contributed by atoms with Crippen molar-refractivity contribution in [2.24, 2.45) is 5.41 Å². The molecule has 0 spiro atoms. The lowest BCUT2D eigenvalue weighted by Crippen LogP contribution is -2.41. The van der Waals surface area contributed by atoms with E-state index in [0.29, 0.717) is 18.8 Å². The van der Waals surface area contributed by atoms with Gasteiger partial charge in [-0.1, -0.05) is 29.8 Å². The topological polar surface area (TPSA) is 64.3 Å². The van der Waals surface area contributed by atoms with Gasteiger partial charge in [-0.05, 0) is 63.6 Å². The fourth-order valence-electron chi connectivity index (χ4n) is 4.11. The number of carboxylic acid groups (broad SMARTS) is 1. The van der Waals surface area contributed by atoms with Gasteiger partial charge in [0.05, 0.1) is 6.07 Å². The molecule has 1 N–H and O–H groups in total. The van der Waals surface area contributed by atoms with E-state index >= 15 is 0 Å². The number of likely N-dealkylation sites (tertiary alicyclic amines) is 1. The molecule has 0 radical (unpaired) electrons. The van der Waals surface area contributed by atoms with E-state index in [1.54, 1.807) is 0 Å². The van der Waals surface area contributed by atoms with E-state index in [1.807, 2.05) is 0 Å². The molecule has 0 aromatic heterocycles. The Morgan fingerprint density at radius 2 is 1.91 bits per heavy atom. The Morgan fingerprint density at radius 1 is 1.26 bits per heavy atom. The number of hydrogen-bond acceptors (Lipinski definition) is 3. The van der Waals surface area contributed by atoms with Gasteiger partial charge in [0.2, 0.25) is 0 Å². The first kappa shape index (κ1) is 16.0. The number of aliphatic carboxylic acids is 1. The number of nitriles is 1. The summed E-state index contributed by atoms with van der Waals surface area (Å²) < 4.78 is 0. The SMILES string of the molecule is Cc1ccc(C2CCN(C3CCC(C#N)(C(=O)O)C3)CC2)cc1. The summed E-state index contributed by atoms with van der Waals surface area (Å²) in [4.78, 5) is 13.8. The van der Waals surface area contributed by atoms with E-state index in [9.17, 15) is 15.2 Å². The zero-order chi connectivity index (χ0) is 16.4. The first-order chi connectivity index (χ1) is 11.0. The number of nitrogens with zero attached hydrogens (tertiary/aromatic N) is 2. The minimum atomic E-state index is -1.15. The van der Waals surface area contributed by atoms with Crippen LogP contribution in [0.25, 0.3) is 0 Å². The fraction of sp³-hybridized carbons (Fsp3) is 0.579. The highest BCUT2D eigenvalue weighted by Gasteiger charge is 2.47. The van der Waals surface area contributed by atoms with Crippen LogP contribution in [0, 0.1) is 23.7 Å². The van der Waals surface area contributed by atoms with Crippen molar-refractivity contribution in [1.29, 1.82) is 5.26 Å². The highest BCUT2D eigenvalue weighted by molar-refractivity contribution is 5.78. The van der Waals surface area contributed by atoms with Crippen molar-refractivity contribution in [3.8, 4) is 6.07 Å². The Balaban J connectivity index is 1.59. The second kappa shape index (κ2) is 6.33. The summed E-state index contributed by atoms with van der Waals surface area (Å²) in [6.45, 7) is 4.12. The third kappa shape index (κ3) is 3.11. The lowest BCUT2D eigenvalue weighted by molar-refractivity contribution is -0.145. The van der Waals surface area contributed by atoms with E-state index in [1.165, 1.54) is 11.1 Å². The summed E-state index contributed by atoms with van der Waals surface area (Å²) in [6, 6.07) is 11.1. The molecular formula is C19H24N2O2. The van der Waals surface area contributed by atoms with Crippen molar-refractivity contribution in [2.45, 2.75) is 51.0 Å². The van der Waals surface area contributed by atoms with Crippen LogP contribution in [0.3, 0.4) is 0 Å². The molecule has 23 heavy (non-hydrogen) atoms. The van der Waals surface area contributed by atoms with Crippen LogP contribution in [0.1, 0.15) is 49.1 Å². The van der Waals surface area contributed by atoms with Crippen molar-refractivity contribution < 1.29 is 9.90 Å². The number of benzene rings is 1. The van der Waals surface area contributed by atoms with Crippen molar-refractivity contribution in [3.05, 3.63) is 35.4 Å². The number of aryl methyl sites for hydroxylation is 1. The summed E-state index contributed by atoms with van der Waals surface area (Å²) in [5, 5.41) is 18.6. The Labute approximate surface area is 137 Å². The molecule has 0 bridgehead atoms. The number of carbonyl (C=O) groups is 1. The predicted molar refractivity (Wildman–Crippen MR) is 88.0 cm³/mol. The van der Waals surface area contributed by atoms with E-state index in [4.69, 9.17) is 0 Å². The Bertz CT molecular complexity index is 611. The summed E-state index contributed by atoms with van der Waals surface area (Å²) in [5.41, 5.74) is 1.55. The molecule has 4 heteroatoms.